The van der Waals surface area contributed by atoms with Gasteiger partial charge in [0.2, 0.25) is 13.3 Å². The molecule has 3 heteroatoms. The van der Waals surface area contributed by atoms with Crippen LogP contribution in [0.1, 0.15) is 0 Å². The van der Waals surface area contributed by atoms with E-state index in [-0.39, 0.29) is 5.91 Å². The fourth-order valence-electron chi connectivity index (χ4n) is 0.271. The minimum Gasteiger partial charge on any atom is -0.391 e. The van der Waals surface area contributed by atoms with Gasteiger partial charge < -0.3 is 4.81 Å². The lowest BCUT2D eigenvalue weighted by atomic mass is 9.97. The maximum absolute atomic E-state index is 10.5. The molecular formula is C5H9BNO. The van der Waals surface area contributed by atoms with Crippen molar-refractivity contribution in [2.75, 3.05) is 7.05 Å². The fourth-order valence-corrected chi connectivity index (χ4v) is 0.271. The quantitative estimate of drug-likeness (QED) is 0.369. The Morgan fingerprint density at radius 1 is 1.88 bits per heavy atom. The van der Waals surface area contributed by atoms with E-state index in [1.807, 2.05) is 0 Å². The summed E-state index contributed by atoms with van der Waals surface area (Å²) in [5.74, 6) is -0.0764. The SMILES string of the molecule is C=CC(=O)N(C)[B]C. The zero-order valence-corrected chi connectivity index (χ0v) is 5.22. The first-order chi connectivity index (χ1) is 3.72. The van der Waals surface area contributed by atoms with Crippen LogP contribution in [0.25, 0.3) is 0 Å². The van der Waals surface area contributed by atoms with Crippen molar-refractivity contribution in [3.05, 3.63) is 12.7 Å². The van der Waals surface area contributed by atoms with Gasteiger partial charge in [0.05, 0.1) is 0 Å². The molecule has 0 saturated heterocycles. The van der Waals surface area contributed by atoms with E-state index in [1.54, 1.807) is 21.3 Å². The lowest BCUT2D eigenvalue weighted by Crippen LogP contribution is -2.26. The van der Waals surface area contributed by atoms with Crippen LogP contribution in [0.5, 0.6) is 0 Å². The third kappa shape index (κ3) is 1.82. The third-order valence-electron chi connectivity index (χ3n) is 0.910. The number of rotatable bonds is 2. The molecule has 0 bridgehead atoms. The molecule has 0 saturated carbocycles. The standard InChI is InChI=1S/C5H9BNO/c1-4-5(8)7(3)6-2/h4H,1H2,2-3H3. The largest absolute Gasteiger partial charge is 0.391 e. The Kier molecular flexibility index (Phi) is 3.00. The Labute approximate surface area is 50.4 Å². The van der Waals surface area contributed by atoms with Crippen LogP contribution in [0.4, 0.5) is 0 Å². The van der Waals surface area contributed by atoms with Crippen molar-refractivity contribution in [1.82, 2.24) is 4.81 Å². The van der Waals surface area contributed by atoms with Gasteiger partial charge >= 0.3 is 0 Å². The molecular weight excluding hydrogens is 101 g/mol. The van der Waals surface area contributed by atoms with Gasteiger partial charge in [0.15, 0.2) is 0 Å². The van der Waals surface area contributed by atoms with Gasteiger partial charge in [-0.05, 0) is 13.1 Å². The number of nitrogens with zero attached hydrogens (tertiary/aromatic N) is 1. The van der Waals surface area contributed by atoms with E-state index in [4.69, 9.17) is 0 Å². The molecule has 0 heterocycles. The van der Waals surface area contributed by atoms with E-state index in [9.17, 15) is 4.79 Å². The van der Waals surface area contributed by atoms with Crippen LogP contribution in [-0.4, -0.2) is 25.2 Å². The summed E-state index contributed by atoms with van der Waals surface area (Å²) in [6, 6.07) is 0. The predicted octanol–water partition coefficient (Wildman–Crippen LogP) is 0.298. The fraction of sp³-hybridized carbons (Fsp3) is 0.400. The zero-order chi connectivity index (χ0) is 6.57. The number of amides is 1. The third-order valence-corrected chi connectivity index (χ3v) is 0.910. The molecule has 1 radical (unpaired) electrons. The molecule has 0 aliphatic rings. The van der Waals surface area contributed by atoms with Crippen LogP contribution in [0, 0.1) is 0 Å². The summed E-state index contributed by atoms with van der Waals surface area (Å²) in [5, 5.41) is 0. The van der Waals surface area contributed by atoms with Crippen molar-refractivity contribution in [2.24, 2.45) is 0 Å². The highest BCUT2D eigenvalue weighted by Gasteiger charge is 1.98. The summed E-state index contributed by atoms with van der Waals surface area (Å²) < 4.78 is 0. The van der Waals surface area contributed by atoms with Gasteiger partial charge in [0.25, 0.3) is 0 Å². The molecule has 2 nitrogen and oxygen atoms in total. The molecule has 0 spiro atoms. The number of likely N-dealkylation sites (N-methyl/N-ethyl adjacent to an activating group) is 1. The van der Waals surface area contributed by atoms with E-state index in [1.165, 1.54) is 10.9 Å². The highest BCUT2D eigenvalue weighted by molar-refractivity contribution is 6.35. The van der Waals surface area contributed by atoms with Crippen LogP contribution in [-0.2, 0) is 4.79 Å². The average molecular weight is 110 g/mol. The molecule has 0 aromatic carbocycles. The molecule has 0 fully saturated rings. The van der Waals surface area contributed by atoms with E-state index < -0.39 is 0 Å². The van der Waals surface area contributed by atoms with Gasteiger partial charge in [0.1, 0.15) is 0 Å². The summed E-state index contributed by atoms with van der Waals surface area (Å²) in [6.45, 7) is 5.11. The molecule has 8 heavy (non-hydrogen) atoms. The molecule has 0 atom stereocenters. The van der Waals surface area contributed by atoms with Crippen molar-refractivity contribution < 1.29 is 4.79 Å². The van der Waals surface area contributed by atoms with Gasteiger partial charge in [-0.3, -0.25) is 4.79 Å². The second-order valence-electron chi connectivity index (χ2n) is 1.41. The number of carbonyl (C=O) groups is 1. The summed E-state index contributed by atoms with van der Waals surface area (Å²) in [4.78, 5) is 12.0. The summed E-state index contributed by atoms with van der Waals surface area (Å²) in [6.07, 6.45) is 1.28. The van der Waals surface area contributed by atoms with Gasteiger partial charge in [-0.1, -0.05) is 13.4 Å². The number of carbonyl (C=O) groups excluding carboxylic acids is 1. The summed E-state index contributed by atoms with van der Waals surface area (Å²) in [5.41, 5.74) is 0. The molecule has 0 aliphatic carbocycles. The summed E-state index contributed by atoms with van der Waals surface area (Å²) >= 11 is 0. The lowest BCUT2D eigenvalue weighted by molar-refractivity contribution is -0.120. The van der Waals surface area contributed by atoms with Gasteiger partial charge in [0, 0.05) is 0 Å². The van der Waals surface area contributed by atoms with Crippen LogP contribution in [0.2, 0.25) is 6.82 Å². The maximum Gasteiger partial charge on any atom is 0.246 e. The van der Waals surface area contributed by atoms with E-state index in [0.29, 0.717) is 0 Å². The zero-order valence-electron chi connectivity index (χ0n) is 5.22. The van der Waals surface area contributed by atoms with Crippen molar-refractivity contribution >= 4 is 13.3 Å². The molecule has 43 valence electrons. The molecule has 0 aliphatic heterocycles. The minimum absolute atomic E-state index is 0.0764. The van der Waals surface area contributed by atoms with Crippen molar-refractivity contribution in [1.29, 1.82) is 0 Å². The first kappa shape index (κ1) is 7.27. The topological polar surface area (TPSA) is 20.3 Å². The smallest absolute Gasteiger partial charge is 0.246 e. The second-order valence-corrected chi connectivity index (χ2v) is 1.41. The minimum atomic E-state index is -0.0764. The van der Waals surface area contributed by atoms with Crippen LogP contribution >= 0.6 is 0 Å². The van der Waals surface area contributed by atoms with Crippen molar-refractivity contribution in [2.45, 2.75) is 6.82 Å². The highest BCUT2D eigenvalue weighted by atomic mass is 16.2. The number of hydrogen-bond acceptors (Lipinski definition) is 1. The first-order valence-electron chi connectivity index (χ1n) is 2.41. The van der Waals surface area contributed by atoms with E-state index >= 15 is 0 Å². The molecule has 0 rings (SSSR count). The normalized spacial score (nSPS) is 7.75. The molecule has 0 unspecified atom stereocenters. The highest BCUT2D eigenvalue weighted by Crippen LogP contribution is 1.79. The molecule has 0 aromatic rings. The lowest BCUT2D eigenvalue weighted by Gasteiger charge is -2.08. The van der Waals surface area contributed by atoms with Gasteiger partial charge in [-0.25, -0.2) is 0 Å². The van der Waals surface area contributed by atoms with Crippen LogP contribution in [0.15, 0.2) is 12.7 Å². The Balaban J connectivity index is 3.62. The molecule has 1 amide bonds. The summed E-state index contributed by atoms with van der Waals surface area (Å²) in [7, 11) is 3.37. The van der Waals surface area contributed by atoms with E-state index in [0.717, 1.165) is 0 Å². The average Bonchev–Trinajstić information content (AvgIpc) is 1.84. The van der Waals surface area contributed by atoms with Gasteiger partial charge in [-0.15, -0.1) is 0 Å². The monoisotopic (exact) mass is 110 g/mol. The Morgan fingerprint density at radius 3 is 2.50 bits per heavy atom. The second kappa shape index (κ2) is 3.30. The maximum atomic E-state index is 10.5. The van der Waals surface area contributed by atoms with Crippen LogP contribution < -0.4 is 0 Å². The van der Waals surface area contributed by atoms with Gasteiger partial charge in [-0.2, -0.15) is 0 Å². The van der Waals surface area contributed by atoms with Crippen molar-refractivity contribution in [3.8, 4) is 0 Å². The van der Waals surface area contributed by atoms with Crippen LogP contribution in [0.3, 0.4) is 0 Å². The van der Waals surface area contributed by atoms with E-state index in [2.05, 4.69) is 6.58 Å². The molecule has 0 N–H and O–H groups in total. The predicted molar refractivity (Wildman–Crippen MR) is 34.6 cm³/mol. The number of hydrogen-bond donors (Lipinski definition) is 0. The van der Waals surface area contributed by atoms with Crippen molar-refractivity contribution in [3.63, 3.8) is 0 Å². The Morgan fingerprint density at radius 2 is 2.38 bits per heavy atom. The Bertz CT molecular complexity index is 103. The Hall–Kier alpha value is -0.725. The molecule has 0 aromatic heterocycles. The first-order valence-corrected chi connectivity index (χ1v) is 2.41.